The molecular weight excluding hydrogens is 207 g/mol. The van der Waals surface area contributed by atoms with Gasteiger partial charge in [0.2, 0.25) is 0 Å². The van der Waals surface area contributed by atoms with Crippen LogP contribution in [-0.2, 0) is 0 Å². The van der Waals surface area contributed by atoms with E-state index in [1.165, 1.54) is 12.1 Å². The predicted molar refractivity (Wildman–Crippen MR) is 62.2 cm³/mol. The maximum atomic E-state index is 12.6. The minimum absolute atomic E-state index is 0.148. The monoisotopic (exact) mass is 224 g/mol. The summed E-state index contributed by atoms with van der Waals surface area (Å²) in [6.07, 6.45) is 0.652. The van der Waals surface area contributed by atoms with Crippen molar-refractivity contribution in [3.8, 4) is 5.75 Å². The molecule has 0 unspecified atom stereocenters. The third-order valence-electron chi connectivity index (χ3n) is 2.54. The summed E-state index contributed by atoms with van der Waals surface area (Å²) in [5.74, 6) is 0.493. The zero-order chi connectivity index (χ0) is 12.2. The Morgan fingerprint density at radius 3 is 2.44 bits per heavy atom. The lowest BCUT2D eigenvalue weighted by Crippen LogP contribution is -2.32. The van der Waals surface area contributed by atoms with Gasteiger partial charge in [-0.1, -0.05) is 13.8 Å². The van der Waals surface area contributed by atoms with Crippen LogP contribution < -0.4 is 10.5 Å². The van der Waals surface area contributed by atoms with Gasteiger partial charge in [0.05, 0.1) is 12.4 Å². The first-order chi connectivity index (χ1) is 7.42. The maximum Gasteiger partial charge on any atom is 0.123 e. The number of hydrogen-bond donors (Lipinski definition) is 2. The molecule has 4 heteroatoms. The van der Waals surface area contributed by atoms with Gasteiger partial charge in [0.1, 0.15) is 11.6 Å². The molecule has 0 aliphatic rings. The summed E-state index contributed by atoms with van der Waals surface area (Å²) in [4.78, 5) is 0. The molecule has 3 N–H and O–H groups in total. The van der Waals surface area contributed by atoms with Gasteiger partial charge in [0.15, 0.2) is 0 Å². The third kappa shape index (κ3) is 3.53. The van der Waals surface area contributed by atoms with Crippen LogP contribution in [0.2, 0.25) is 0 Å². The molecule has 0 amide bonds. The Kier molecular flexibility index (Phi) is 3.88. The first-order valence-electron chi connectivity index (χ1n) is 5.15. The van der Waals surface area contributed by atoms with Gasteiger partial charge in [0, 0.05) is 5.41 Å². The summed E-state index contributed by atoms with van der Waals surface area (Å²) in [5.41, 5.74) is 5.09. The second-order valence-corrected chi connectivity index (χ2v) is 4.35. The molecule has 0 saturated heterocycles. The zero-order valence-electron chi connectivity index (χ0n) is 9.59. The number of benzene rings is 1. The predicted octanol–water partition coefficient (Wildman–Crippen LogP) is 2.56. The topological polar surface area (TPSA) is 59.1 Å². The van der Waals surface area contributed by atoms with Crippen LogP contribution in [0.4, 0.5) is 4.39 Å². The molecule has 0 spiro atoms. The van der Waals surface area contributed by atoms with Crippen LogP contribution in [0.15, 0.2) is 24.3 Å². The van der Waals surface area contributed by atoms with Crippen molar-refractivity contribution in [1.82, 2.24) is 0 Å². The van der Waals surface area contributed by atoms with Gasteiger partial charge < -0.3 is 10.5 Å². The minimum atomic E-state index is -0.361. The smallest absolute Gasteiger partial charge is 0.123 e. The molecule has 16 heavy (non-hydrogen) atoms. The lowest BCUT2D eigenvalue weighted by Gasteiger charge is -2.22. The summed E-state index contributed by atoms with van der Waals surface area (Å²) in [6, 6.07) is 5.86. The number of ether oxygens (including phenoxy) is 1. The Hall–Kier alpha value is -1.58. The van der Waals surface area contributed by atoms with Crippen molar-refractivity contribution in [2.45, 2.75) is 20.3 Å². The molecule has 0 radical (unpaired) electrons. The Labute approximate surface area is 94.9 Å². The highest BCUT2D eigenvalue weighted by Gasteiger charge is 2.21. The fourth-order valence-electron chi connectivity index (χ4n) is 1.09. The maximum absolute atomic E-state index is 12.6. The van der Waals surface area contributed by atoms with Gasteiger partial charge in [-0.05, 0) is 30.7 Å². The SMILES string of the molecule is CC(C)(CCOc1ccc(F)cc1)C(=N)N. The van der Waals surface area contributed by atoms with Gasteiger partial charge in [-0.15, -0.1) is 0 Å². The van der Waals surface area contributed by atoms with E-state index in [0.29, 0.717) is 18.8 Å². The van der Waals surface area contributed by atoms with Gasteiger partial charge >= 0.3 is 0 Å². The van der Waals surface area contributed by atoms with Crippen LogP contribution in [0.25, 0.3) is 0 Å². The van der Waals surface area contributed by atoms with E-state index >= 15 is 0 Å². The lowest BCUT2D eigenvalue weighted by molar-refractivity contribution is 0.268. The molecule has 1 aromatic carbocycles. The number of hydrogen-bond acceptors (Lipinski definition) is 2. The Bertz CT molecular complexity index is 360. The minimum Gasteiger partial charge on any atom is -0.494 e. The van der Waals surface area contributed by atoms with Crippen molar-refractivity contribution < 1.29 is 9.13 Å². The van der Waals surface area contributed by atoms with E-state index < -0.39 is 0 Å². The molecule has 0 heterocycles. The fourth-order valence-corrected chi connectivity index (χ4v) is 1.09. The van der Waals surface area contributed by atoms with Crippen LogP contribution >= 0.6 is 0 Å². The fraction of sp³-hybridized carbons (Fsp3) is 0.417. The van der Waals surface area contributed by atoms with E-state index in [0.717, 1.165) is 0 Å². The summed E-state index contributed by atoms with van der Waals surface area (Å²) >= 11 is 0. The molecule has 1 rings (SSSR count). The second-order valence-electron chi connectivity index (χ2n) is 4.35. The highest BCUT2D eigenvalue weighted by atomic mass is 19.1. The van der Waals surface area contributed by atoms with E-state index in [4.69, 9.17) is 15.9 Å². The van der Waals surface area contributed by atoms with Crippen molar-refractivity contribution in [2.24, 2.45) is 11.1 Å². The molecule has 0 aliphatic carbocycles. The average molecular weight is 224 g/mol. The summed E-state index contributed by atoms with van der Waals surface area (Å²) in [7, 11) is 0. The summed E-state index contributed by atoms with van der Waals surface area (Å²) < 4.78 is 18.0. The number of nitrogens with one attached hydrogen (secondary N) is 1. The zero-order valence-corrected chi connectivity index (χ0v) is 9.59. The number of halogens is 1. The molecular formula is C12H17FN2O. The standard InChI is InChI=1S/C12H17FN2O/c1-12(2,11(14)15)7-8-16-10-5-3-9(13)4-6-10/h3-6H,7-8H2,1-2H3,(H3,14,15). The van der Waals surface area contributed by atoms with Crippen LogP contribution in [0, 0.1) is 16.6 Å². The summed E-state index contributed by atoms with van der Waals surface area (Å²) in [5, 5.41) is 7.38. The largest absolute Gasteiger partial charge is 0.494 e. The Morgan fingerprint density at radius 2 is 1.94 bits per heavy atom. The molecule has 0 saturated carbocycles. The molecule has 3 nitrogen and oxygen atoms in total. The highest BCUT2D eigenvalue weighted by molar-refractivity contribution is 5.82. The molecule has 0 atom stereocenters. The van der Waals surface area contributed by atoms with Crippen molar-refractivity contribution in [1.29, 1.82) is 5.41 Å². The van der Waals surface area contributed by atoms with E-state index in [1.54, 1.807) is 12.1 Å². The van der Waals surface area contributed by atoms with Crippen LogP contribution in [0.5, 0.6) is 5.75 Å². The number of nitrogens with two attached hydrogens (primary N) is 1. The van der Waals surface area contributed by atoms with Gasteiger partial charge in [-0.2, -0.15) is 0 Å². The molecule has 1 aromatic rings. The van der Waals surface area contributed by atoms with E-state index in [1.807, 2.05) is 13.8 Å². The van der Waals surface area contributed by atoms with E-state index in [2.05, 4.69) is 0 Å². The summed E-state index contributed by atoms with van der Waals surface area (Å²) in [6.45, 7) is 4.24. The van der Waals surface area contributed by atoms with Crippen molar-refractivity contribution in [3.63, 3.8) is 0 Å². The van der Waals surface area contributed by atoms with Crippen molar-refractivity contribution >= 4 is 5.84 Å². The molecule has 0 aromatic heterocycles. The molecule has 88 valence electrons. The van der Waals surface area contributed by atoms with E-state index in [9.17, 15) is 4.39 Å². The number of rotatable bonds is 5. The normalized spacial score (nSPS) is 11.2. The van der Waals surface area contributed by atoms with Gasteiger partial charge in [-0.25, -0.2) is 4.39 Å². The van der Waals surface area contributed by atoms with Crippen molar-refractivity contribution in [2.75, 3.05) is 6.61 Å². The number of amidine groups is 1. The van der Waals surface area contributed by atoms with Crippen LogP contribution in [0.1, 0.15) is 20.3 Å². The Morgan fingerprint density at radius 1 is 1.38 bits per heavy atom. The molecule has 0 aliphatic heterocycles. The average Bonchev–Trinajstić information content (AvgIpc) is 2.20. The van der Waals surface area contributed by atoms with Crippen LogP contribution in [-0.4, -0.2) is 12.4 Å². The van der Waals surface area contributed by atoms with E-state index in [-0.39, 0.29) is 17.1 Å². The van der Waals surface area contributed by atoms with Gasteiger partial charge in [-0.3, -0.25) is 5.41 Å². The second kappa shape index (κ2) is 4.96. The van der Waals surface area contributed by atoms with Crippen molar-refractivity contribution in [3.05, 3.63) is 30.1 Å². The Balaban J connectivity index is 2.41. The van der Waals surface area contributed by atoms with Gasteiger partial charge in [0.25, 0.3) is 0 Å². The first kappa shape index (κ1) is 12.5. The lowest BCUT2D eigenvalue weighted by atomic mass is 9.88. The molecule has 0 fully saturated rings. The molecule has 0 bridgehead atoms. The highest BCUT2D eigenvalue weighted by Crippen LogP contribution is 2.20. The first-order valence-corrected chi connectivity index (χ1v) is 5.15. The van der Waals surface area contributed by atoms with Crippen LogP contribution in [0.3, 0.4) is 0 Å². The quantitative estimate of drug-likeness (QED) is 0.596. The third-order valence-corrected chi connectivity index (χ3v) is 2.54.